The van der Waals surface area contributed by atoms with Gasteiger partial charge in [-0.05, 0) is 50.2 Å². The zero-order valence-electron chi connectivity index (χ0n) is 16.9. The second-order valence-electron chi connectivity index (χ2n) is 6.70. The number of ether oxygens (including phenoxy) is 2. The van der Waals surface area contributed by atoms with Crippen LogP contribution in [0, 0.1) is 0 Å². The van der Waals surface area contributed by atoms with E-state index in [1.54, 1.807) is 18.2 Å². The van der Waals surface area contributed by atoms with E-state index < -0.39 is 0 Å². The summed E-state index contributed by atoms with van der Waals surface area (Å²) < 4.78 is 11.1. The summed E-state index contributed by atoms with van der Waals surface area (Å²) in [5.74, 6) is 1.72. The van der Waals surface area contributed by atoms with Crippen LogP contribution in [0.5, 0.6) is 11.5 Å². The lowest BCUT2D eigenvalue weighted by molar-refractivity contribution is 0.102. The number of nitrogens with one attached hydrogen (secondary N) is 2. The predicted octanol–water partition coefficient (Wildman–Crippen LogP) is 5.28. The molecule has 0 bridgehead atoms. The molecule has 1 aromatic heterocycles. The van der Waals surface area contributed by atoms with Gasteiger partial charge in [-0.3, -0.25) is 4.79 Å². The van der Waals surface area contributed by atoms with Crippen molar-refractivity contribution >= 4 is 22.6 Å². The summed E-state index contributed by atoms with van der Waals surface area (Å²) in [6.45, 7) is 4.82. The second kappa shape index (κ2) is 8.69. The van der Waals surface area contributed by atoms with Crippen LogP contribution in [0.3, 0.4) is 0 Å². The van der Waals surface area contributed by atoms with Crippen molar-refractivity contribution in [1.29, 1.82) is 0 Å². The zero-order chi connectivity index (χ0) is 20.9. The molecular formula is C24H23N3O3. The molecule has 6 nitrogen and oxygen atoms in total. The van der Waals surface area contributed by atoms with E-state index in [-0.39, 0.29) is 5.91 Å². The van der Waals surface area contributed by atoms with E-state index in [4.69, 9.17) is 9.47 Å². The van der Waals surface area contributed by atoms with Gasteiger partial charge in [-0.15, -0.1) is 0 Å². The number of aromatic nitrogens is 2. The van der Waals surface area contributed by atoms with Crippen molar-refractivity contribution in [1.82, 2.24) is 9.97 Å². The number of carbonyl (C=O) groups is 1. The highest BCUT2D eigenvalue weighted by Crippen LogP contribution is 2.26. The van der Waals surface area contributed by atoms with Crippen molar-refractivity contribution in [3.63, 3.8) is 0 Å². The van der Waals surface area contributed by atoms with E-state index >= 15 is 0 Å². The molecule has 0 unspecified atom stereocenters. The summed E-state index contributed by atoms with van der Waals surface area (Å²) in [6, 6.07) is 20.7. The SMILES string of the molecule is CCOc1cc(OCC)cc(C(=O)Nc2cccc(-c3nc4ccccc4[nH]3)c2)c1. The number of H-pyrrole nitrogens is 1. The van der Waals surface area contributed by atoms with E-state index in [9.17, 15) is 4.79 Å². The summed E-state index contributed by atoms with van der Waals surface area (Å²) in [7, 11) is 0. The monoisotopic (exact) mass is 401 g/mol. The van der Waals surface area contributed by atoms with E-state index in [0.29, 0.717) is 36.0 Å². The number of fused-ring (bicyclic) bond motifs is 1. The number of hydrogen-bond donors (Lipinski definition) is 2. The molecule has 152 valence electrons. The molecule has 6 heteroatoms. The Morgan fingerprint density at radius 2 is 1.67 bits per heavy atom. The molecule has 30 heavy (non-hydrogen) atoms. The summed E-state index contributed by atoms with van der Waals surface area (Å²) in [4.78, 5) is 20.8. The largest absolute Gasteiger partial charge is 0.494 e. The van der Waals surface area contributed by atoms with Crippen LogP contribution in [0.1, 0.15) is 24.2 Å². The van der Waals surface area contributed by atoms with Crippen LogP contribution in [0.25, 0.3) is 22.4 Å². The first-order valence-electron chi connectivity index (χ1n) is 9.93. The van der Waals surface area contributed by atoms with E-state index in [2.05, 4.69) is 15.3 Å². The van der Waals surface area contributed by atoms with Crippen molar-refractivity contribution in [2.75, 3.05) is 18.5 Å². The Morgan fingerprint density at radius 1 is 0.933 bits per heavy atom. The number of rotatable bonds is 7. The summed E-state index contributed by atoms with van der Waals surface area (Å²) in [6.07, 6.45) is 0. The number of amides is 1. The first-order valence-corrected chi connectivity index (χ1v) is 9.93. The van der Waals surface area contributed by atoms with Crippen molar-refractivity contribution < 1.29 is 14.3 Å². The Bertz CT molecular complexity index is 1130. The van der Waals surface area contributed by atoms with Gasteiger partial charge in [-0.1, -0.05) is 24.3 Å². The molecule has 4 rings (SSSR count). The van der Waals surface area contributed by atoms with Gasteiger partial charge in [-0.25, -0.2) is 4.98 Å². The van der Waals surface area contributed by atoms with Gasteiger partial charge >= 0.3 is 0 Å². The Hall–Kier alpha value is -3.80. The number of anilines is 1. The lowest BCUT2D eigenvalue weighted by Crippen LogP contribution is -2.12. The number of carbonyl (C=O) groups excluding carboxylic acids is 1. The van der Waals surface area contributed by atoms with Gasteiger partial charge in [0.05, 0.1) is 24.2 Å². The molecule has 0 saturated heterocycles. The van der Waals surface area contributed by atoms with Crippen LogP contribution in [0.2, 0.25) is 0 Å². The van der Waals surface area contributed by atoms with Gasteiger partial charge < -0.3 is 19.8 Å². The summed E-state index contributed by atoms with van der Waals surface area (Å²) >= 11 is 0. The molecule has 0 atom stereocenters. The number of aromatic amines is 1. The van der Waals surface area contributed by atoms with Gasteiger partial charge in [0.2, 0.25) is 0 Å². The maximum Gasteiger partial charge on any atom is 0.255 e. The Kier molecular flexibility index (Phi) is 5.66. The molecule has 0 spiro atoms. The molecule has 0 aliphatic rings. The number of benzene rings is 3. The first-order chi connectivity index (χ1) is 14.7. The Balaban J connectivity index is 1.58. The Morgan fingerprint density at radius 3 is 2.37 bits per heavy atom. The van der Waals surface area contributed by atoms with E-state index in [1.165, 1.54) is 0 Å². The van der Waals surface area contributed by atoms with Gasteiger partial charge in [-0.2, -0.15) is 0 Å². The molecule has 0 aliphatic carbocycles. The van der Waals surface area contributed by atoms with Crippen LogP contribution >= 0.6 is 0 Å². The molecule has 2 N–H and O–H groups in total. The van der Waals surface area contributed by atoms with Gasteiger partial charge in [0, 0.05) is 22.9 Å². The fourth-order valence-corrected chi connectivity index (χ4v) is 3.24. The third-order valence-electron chi connectivity index (χ3n) is 4.55. The molecule has 0 saturated carbocycles. The lowest BCUT2D eigenvalue weighted by Gasteiger charge is -2.11. The molecule has 3 aromatic carbocycles. The van der Waals surface area contributed by atoms with Gasteiger partial charge in [0.1, 0.15) is 17.3 Å². The van der Waals surface area contributed by atoms with Crippen molar-refractivity contribution in [2.45, 2.75) is 13.8 Å². The van der Waals surface area contributed by atoms with Crippen LogP contribution in [-0.4, -0.2) is 29.1 Å². The highest BCUT2D eigenvalue weighted by Gasteiger charge is 2.12. The zero-order valence-corrected chi connectivity index (χ0v) is 16.9. The highest BCUT2D eigenvalue weighted by atomic mass is 16.5. The number of para-hydroxylation sites is 2. The standard InChI is InChI=1S/C24H23N3O3/c1-3-29-19-13-17(14-20(15-19)30-4-2)24(28)25-18-9-7-8-16(12-18)23-26-21-10-5-6-11-22(21)27-23/h5-15H,3-4H2,1-2H3,(H,25,28)(H,26,27). The fraction of sp³-hybridized carbons (Fsp3) is 0.167. The molecule has 1 amide bonds. The minimum atomic E-state index is -0.237. The van der Waals surface area contributed by atoms with Gasteiger partial charge in [0.25, 0.3) is 5.91 Å². The van der Waals surface area contributed by atoms with Crippen LogP contribution in [-0.2, 0) is 0 Å². The molecule has 0 radical (unpaired) electrons. The Labute approximate surface area is 174 Å². The van der Waals surface area contributed by atoms with E-state index in [0.717, 1.165) is 22.4 Å². The molecule has 0 aliphatic heterocycles. The molecule has 0 fully saturated rings. The van der Waals surface area contributed by atoms with Crippen LogP contribution in [0.4, 0.5) is 5.69 Å². The third-order valence-corrected chi connectivity index (χ3v) is 4.55. The summed E-state index contributed by atoms with van der Waals surface area (Å²) in [5.41, 5.74) is 3.91. The first kappa shape index (κ1) is 19.5. The minimum Gasteiger partial charge on any atom is -0.494 e. The predicted molar refractivity (Wildman–Crippen MR) is 118 cm³/mol. The maximum atomic E-state index is 12.9. The number of imidazole rings is 1. The van der Waals surface area contributed by atoms with Gasteiger partial charge in [0.15, 0.2) is 0 Å². The van der Waals surface area contributed by atoms with Crippen molar-refractivity contribution in [3.8, 4) is 22.9 Å². The molecule has 1 heterocycles. The summed E-state index contributed by atoms with van der Waals surface area (Å²) in [5, 5.41) is 2.95. The lowest BCUT2D eigenvalue weighted by atomic mass is 10.1. The van der Waals surface area contributed by atoms with Crippen LogP contribution < -0.4 is 14.8 Å². The van der Waals surface area contributed by atoms with E-state index in [1.807, 2.05) is 62.4 Å². The second-order valence-corrected chi connectivity index (χ2v) is 6.70. The highest BCUT2D eigenvalue weighted by molar-refractivity contribution is 6.05. The third kappa shape index (κ3) is 4.27. The normalized spacial score (nSPS) is 10.7. The maximum absolute atomic E-state index is 12.9. The number of nitrogens with zero attached hydrogens (tertiary/aromatic N) is 1. The van der Waals surface area contributed by atoms with Crippen LogP contribution in [0.15, 0.2) is 66.7 Å². The molecule has 4 aromatic rings. The smallest absolute Gasteiger partial charge is 0.255 e. The quantitative estimate of drug-likeness (QED) is 0.442. The van der Waals surface area contributed by atoms with Crippen molar-refractivity contribution in [3.05, 3.63) is 72.3 Å². The van der Waals surface area contributed by atoms with Crippen molar-refractivity contribution in [2.24, 2.45) is 0 Å². The average Bonchev–Trinajstić information content (AvgIpc) is 3.19. The fourth-order valence-electron chi connectivity index (χ4n) is 3.24. The minimum absolute atomic E-state index is 0.237. The number of hydrogen-bond acceptors (Lipinski definition) is 4. The molecular weight excluding hydrogens is 378 g/mol. The topological polar surface area (TPSA) is 76.2 Å². The average molecular weight is 401 g/mol.